The molecule has 3 N–H and O–H groups in total. The van der Waals surface area contributed by atoms with Crippen molar-refractivity contribution < 1.29 is 9.53 Å². The number of carbonyl (C=O) groups is 1. The Morgan fingerprint density at radius 2 is 2.06 bits per heavy atom. The maximum Gasteiger partial charge on any atom is 0.227 e. The normalized spacial score (nSPS) is 23.3. The number of carbonyl (C=O) groups excluding carboxylic acids is 1. The van der Waals surface area contributed by atoms with E-state index >= 15 is 0 Å². The van der Waals surface area contributed by atoms with Gasteiger partial charge in [0.1, 0.15) is 0 Å². The summed E-state index contributed by atoms with van der Waals surface area (Å²) in [6, 6.07) is 0. The predicted octanol–water partition coefficient (Wildman–Crippen LogP) is 0.801. The van der Waals surface area contributed by atoms with Crippen molar-refractivity contribution in [3.05, 3.63) is 0 Å². The molecule has 2 aliphatic carbocycles. The van der Waals surface area contributed by atoms with Gasteiger partial charge in [-0.3, -0.25) is 4.79 Å². The molecule has 0 aromatic carbocycles. The Morgan fingerprint density at radius 1 is 1.38 bits per heavy atom. The van der Waals surface area contributed by atoms with Crippen LogP contribution in [0.2, 0.25) is 0 Å². The van der Waals surface area contributed by atoms with Crippen LogP contribution in [0.3, 0.4) is 0 Å². The minimum Gasteiger partial charge on any atom is -0.376 e. The van der Waals surface area contributed by atoms with Gasteiger partial charge >= 0.3 is 0 Å². The number of nitrogens with one attached hydrogen (secondary N) is 1. The molecule has 0 aromatic rings. The molecule has 2 aliphatic rings. The summed E-state index contributed by atoms with van der Waals surface area (Å²) >= 11 is 0. The van der Waals surface area contributed by atoms with E-state index in [1.165, 1.54) is 25.7 Å². The lowest BCUT2D eigenvalue weighted by Crippen LogP contribution is -2.38. The van der Waals surface area contributed by atoms with Crippen LogP contribution in [-0.2, 0) is 9.53 Å². The Bertz CT molecular complexity index is 245. The van der Waals surface area contributed by atoms with E-state index in [2.05, 4.69) is 5.32 Å². The summed E-state index contributed by atoms with van der Waals surface area (Å²) in [5, 5.41) is 2.92. The van der Waals surface area contributed by atoms with Gasteiger partial charge in [-0.05, 0) is 25.7 Å². The molecule has 0 heterocycles. The highest BCUT2D eigenvalue weighted by molar-refractivity contribution is 5.85. The smallest absolute Gasteiger partial charge is 0.227 e. The second-order valence-electron chi connectivity index (χ2n) is 5.02. The van der Waals surface area contributed by atoms with E-state index < -0.39 is 0 Å². The predicted molar refractivity (Wildman–Crippen MR) is 61.9 cm³/mol. The van der Waals surface area contributed by atoms with Gasteiger partial charge in [0, 0.05) is 13.1 Å². The summed E-state index contributed by atoms with van der Waals surface area (Å²) in [5.41, 5.74) is 5.35. The maximum absolute atomic E-state index is 11.7. The molecule has 0 unspecified atom stereocenters. The lowest BCUT2D eigenvalue weighted by atomic mass is 10.1. The molecular weight excluding hydrogens is 204 g/mol. The first-order valence-electron chi connectivity index (χ1n) is 6.37. The maximum atomic E-state index is 11.7. The van der Waals surface area contributed by atoms with Crippen LogP contribution in [0.1, 0.15) is 38.5 Å². The Kier molecular flexibility index (Phi) is 3.82. The molecule has 0 aliphatic heterocycles. The van der Waals surface area contributed by atoms with Gasteiger partial charge in [0.15, 0.2) is 0 Å². The Labute approximate surface area is 96.9 Å². The van der Waals surface area contributed by atoms with E-state index in [0.29, 0.717) is 25.8 Å². The van der Waals surface area contributed by atoms with Crippen LogP contribution in [0, 0.1) is 5.41 Å². The fourth-order valence-electron chi connectivity index (χ4n) is 2.31. The third-order valence-electron chi connectivity index (χ3n) is 3.77. The molecule has 1 amide bonds. The molecule has 0 aromatic heterocycles. The topological polar surface area (TPSA) is 64.4 Å². The number of amides is 1. The van der Waals surface area contributed by atoms with Crippen LogP contribution in [0.4, 0.5) is 0 Å². The summed E-state index contributed by atoms with van der Waals surface area (Å²) in [6.07, 6.45) is 7.25. The third-order valence-corrected chi connectivity index (χ3v) is 3.77. The zero-order chi connectivity index (χ0) is 11.4. The standard InChI is InChI=1S/C12H22N2O2/c13-9-12(5-6-12)11(15)14-7-8-16-10-3-1-2-4-10/h10H,1-9,13H2,(H,14,15). The van der Waals surface area contributed by atoms with Crippen LogP contribution >= 0.6 is 0 Å². The van der Waals surface area contributed by atoms with E-state index in [1.54, 1.807) is 0 Å². The van der Waals surface area contributed by atoms with Crippen LogP contribution in [0.5, 0.6) is 0 Å². The molecule has 4 nitrogen and oxygen atoms in total. The van der Waals surface area contributed by atoms with E-state index in [0.717, 1.165) is 12.8 Å². The lowest BCUT2D eigenvalue weighted by molar-refractivity contribution is -0.126. The van der Waals surface area contributed by atoms with Crippen molar-refractivity contribution in [2.75, 3.05) is 19.7 Å². The van der Waals surface area contributed by atoms with Gasteiger partial charge < -0.3 is 15.8 Å². The van der Waals surface area contributed by atoms with Crippen molar-refractivity contribution in [1.29, 1.82) is 0 Å². The third kappa shape index (κ3) is 2.74. The van der Waals surface area contributed by atoms with Crippen molar-refractivity contribution in [3.63, 3.8) is 0 Å². The number of hydrogen-bond donors (Lipinski definition) is 2. The summed E-state index contributed by atoms with van der Waals surface area (Å²) in [6.45, 7) is 1.73. The molecule has 4 heteroatoms. The van der Waals surface area contributed by atoms with Crippen LogP contribution in [-0.4, -0.2) is 31.7 Å². The largest absolute Gasteiger partial charge is 0.376 e. The van der Waals surface area contributed by atoms with Gasteiger partial charge in [-0.25, -0.2) is 0 Å². The van der Waals surface area contributed by atoms with Gasteiger partial charge in [-0.15, -0.1) is 0 Å². The Hall–Kier alpha value is -0.610. The van der Waals surface area contributed by atoms with Gasteiger partial charge in [-0.1, -0.05) is 12.8 Å². The SMILES string of the molecule is NCC1(C(=O)NCCOC2CCCC2)CC1. The molecule has 2 rings (SSSR count). The average molecular weight is 226 g/mol. The first-order chi connectivity index (χ1) is 7.77. The molecule has 16 heavy (non-hydrogen) atoms. The van der Waals surface area contributed by atoms with Gasteiger partial charge in [0.25, 0.3) is 0 Å². The fourth-order valence-corrected chi connectivity index (χ4v) is 2.31. The monoisotopic (exact) mass is 226 g/mol. The van der Waals surface area contributed by atoms with Crippen molar-refractivity contribution in [1.82, 2.24) is 5.32 Å². The van der Waals surface area contributed by atoms with E-state index in [4.69, 9.17) is 10.5 Å². The van der Waals surface area contributed by atoms with Gasteiger partial charge in [0.2, 0.25) is 5.91 Å². The van der Waals surface area contributed by atoms with Crippen LogP contribution < -0.4 is 11.1 Å². The first-order valence-corrected chi connectivity index (χ1v) is 6.37. The molecule has 2 fully saturated rings. The van der Waals surface area contributed by atoms with Crippen LogP contribution in [0.25, 0.3) is 0 Å². The highest BCUT2D eigenvalue weighted by Crippen LogP contribution is 2.44. The molecule has 0 saturated heterocycles. The first kappa shape index (κ1) is 11.9. The second-order valence-corrected chi connectivity index (χ2v) is 5.02. The van der Waals surface area contributed by atoms with Gasteiger partial charge in [-0.2, -0.15) is 0 Å². The van der Waals surface area contributed by atoms with E-state index in [9.17, 15) is 4.79 Å². The quantitative estimate of drug-likeness (QED) is 0.658. The Balaban J connectivity index is 1.55. The lowest BCUT2D eigenvalue weighted by Gasteiger charge is -2.14. The Morgan fingerprint density at radius 3 is 2.62 bits per heavy atom. The summed E-state index contributed by atoms with van der Waals surface area (Å²) in [7, 11) is 0. The number of ether oxygens (including phenoxy) is 1. The molecule has 92 valence electrons. The minimum atomic E-state index is -0.229. The van der Waals surface area contributed by atoms with Crippen molar-refractivity contribution in [2.24, 2.45) is 11.1 Å². The molecule has 0 bridgehead atoms. The van der Waals surface area contributed by atoms with Crippen molar-refractivity contribution >= 4 is 5.91 Å². The number of rotatable bonds is 6. The number of hydrogen-bond acceptors (Lipinski definition) is 3. The molecule has 0 atom stereocenters. The van der Waals surface area contributed by atoms with Crippen LogP contribution in [0.15, 0.2) is 0 Å². The molecular formula is C12H22N2O2. The summed E-state index contributed by atoms with van der Waals surface area (Å²) in [4.78, 5) is 11.7. The van der Waals surface area contributed by atoms with E-state index in [-0.39, 0.29) is 11.3 Å². The molecule has 0 spiro atoms. The molecule has 0 radical (unpaired) electrons. The average Bonchev–Trinajstić information content (AvgIpc) is 2.94. The number of nitrogens with two attached hydrogens (primary N) is 1. The van der Waals surface area contributed by atoms with E-state index in [1.807, 2.05) is 0 Å². The van der Waals surface area contributed by atoms with Gasteiger partial charge in [0.05, 0.1) is 18.1 Å². The van der Waals surface area contributed by atoms with Crippen molar-refractivity contribution in [3.8, 4) is 0 Å². The zero-order valence-electron chi connectivity index (χ0n) is 9.84. The zero-order valence-corrected chi connectivity index (χ0v) is 9.84. The molecule has 2 saturated carbocycles. The fraction of sp³-hybridized carbons (Fsp3) is 0.917. The summed E-state index contributed by atoms with van der Waals surface area (Å²) < 4.78 is 5.67. The highest BCUT2D eigenvalue weighted by atomic mass is 16.5. The summed E-state index contributed by atoms with van der Waals surface area (Å²) in [5.74, 6) is 0.116. The van der Waals surface area contributed by atoms with Crippen molar-refractivity contribution in [2.45, 2.75) is 44.6 Å². The second kappa shape index (κ2) is 5.15. The highest BCUT2D eigenvalue weighted by Gasteiger charge is 2.48. The minimum absolute atomic E-state index is 0.116.